The van der Waals surface area contributed by atoms with Crippen molar-refractivity contribution in [1.29, 1.82) is 0 Å². The number of aromatic nitrogens is 2. The van der Waals surface area contributed by atoms with Gasteiger partial charge in [-0.2, -0.15) is 0 Å². The number of carbonyl (C=O) groups is 2. The molecular weight excluding hydrogens is 538 g/mol. The van der Waals surface area contributed by atoms with Gasteiger partial charge < -0.3 is 35.3 Å². The Labute approximate surface area is 244 Å². The topological polar surface area (TPSA) is 149 Å². The number of ether oxygens (including phenoxy) is 2. The normalized spacial score (nSPS) is 27.0. The number of nitrogens with zero attached hydrogens (tertiary/aromatic N) is 2. The van der Waals surface area contributed by atoms with Crippen LogP contribution >= 0.6 is 0 Å². The van der Waals surface area contributed by atoms with Gasteiger partial charge in [0, 0.05) is 37.9 Å². The number of aromatic amines is 1. The summed E-state index contributed by atoms with van der Waals surface area (Å²) >= 11 is 0. The molecule has 3 aliphatic heterocycles. The molecule has 2 amide bonds. The minimum Gasteiger partial charge on any atom is -0.493 e. The molecule has 11 nitrogen and oxygen atoms in total. The van der Waals surface area contributed by atoms with Crippen molar-refractivity contribution in [2.75, 3.05) is 19.7 Å². The molecule has 3 aromatic rings. The molecule has 4 bridgehead atoms. The molecule has 6 rings (SSSR count). The third kappa shape index (κ3) is 6.34. The number of H-pyrrole nitrogens is 1. The van der Waals surface area contributed by atoms with Gasteiger partial charge in [-0.3, -0.25) is 14.5 Å². The summed E-state index contributed by atoms with van der Waals surface area (Å²) in [6, 6.07) is 12.4. The van der Waals surface area contributed by atoms with E-state index in [1.54, 1.807) is 18.5 Å². The lowest BCUT2D eigenvalue weighted by atomic mass is 9.99. The van der Waals surface area contributed by atoms with Crippen LogP contribution in [0, 0.1) is 0 Å². The number of amides is 2. The van der Waals surface area contributed by atoms with E-state index in [0.717, 1.165) is 22.5 Å². The second-order valence-electron chi connectivity index (χ2n) is 11.3. The van der Waals surface area contributed by atoms with E-state index in [0.29, 0.717) is 56.7 Å². The van der Waals surface area contributed by atoms with E-state index in [4.69, 9.17) is 9.47 Å². The van der Waals surface area contributed by atoms with Crippen LogP contribution in [-0.2, 0) is 22.7 Å². The minimum atomic E-state index is -0.656. The van der Waals surface area contributed by atoms with Crippen molar-refractivity contribution in [2.45, 2.75) is 69.2 Å². The zero-order chi connectivity index (χ0) is 29.1. The van der Waals surface area contributed by atoms with E-state index in [-0.39, 0.29) is 37.1 Å². The standard InChI is InChI=1S/C31H37N5O6/c37-18-19-1-3-20(4-2-19)21-5-7-24-27(13-21)41-12-9-23-6-8-26(38)28(42-23)15-34-31(40)25-14-22(35-30(24)39)16-36(25)17-29-32-10-11-33-29/h1-5,7,10-11,13,22-23,25-26,28,37-38H,6,8-9,12,14-18H2,(H,32,33)(H,34,40)(H,35,39)/t22-,23-,25-,26-,28+/m0/s1. The van der Waals surface area contributed by atoms with E-state index < -0.39 is 18.2 Å². The Bertz CT molecular complexity index is 1380. The van der Waals surface area contributed by atoms with Crippen molar-refractivity contribution in [3.8, 4) is 16.9 Å². The first-order valence-corrected chi connectivity index (χ1v) is 14.6. The van der Waals surface area contributed by atoms with Crippen molar-refractivity contribution in [2.24, 2.45) is 0 Å². The van der Waals surface area contributed by atoms with E-state index in [1.807, 2.05) is 41.3 Å². The van der Waals surface area contributed by atoms with Crippen LogP contribution in [0.4, 0.5) is 0 Å². The Kier molecular flexibility index (Phi) is 8.52. The van der Waals surface area contributed by atoms with Crippen molar-refractivity contribution in [3.63, 3.8) is 0 Å². The van der Waals surface area contributed by atoms with Gasteiger partial charge >= 0.3 is 0 Å². The molecule has 4 heterocycles. The Morgan fingerprint density at radius 2 is 1.88 bits per heavy atom. The summed E-state index contributed by atoms with van der Waals surface area (Å²) in [6.45, 7) is 1.41. The smallest absolute Gasteiger partial charge is 0.255 e. The van der Waals surface area contributed by atoms with Gasteiger partial charge in [0.05, 0.1) is 43.6 Å². The number of carbonyl (C=O) groups excluding carboxylic acids is 2. The SMILES string of the molecule is O=C1N[C@H]2C[C@@H](C(=O)NC[C@H]3O[C@H](CCOc4cc(-c5ccc(CO)cc5)ccc41)CC[C@@H]3O)N(Cc1ncc[nH]1)C2. The monoisotopic (exact) mass is 575 g/mol. The summed E-state index contributed by atoms with van der Waals surface area (Å²) < 4.78 is 12.4. The van der Waals surface area contributed by atoms with Crippen LogP contribution in [0.25, 0.3) is 11.1 Å². The zero-order valence-corrected chi connectivity index (χ0v) is 23.4. The average molecular weight is 576 g/mol. The van der Waals surface area contributed by atoms with Crippen molar-refractivity contribution >= 4 is 11.8 Å². The molecular formula is C31H37N5O6. The summed E-state index contributed by atoms with van der Waals surface area (Å²) in [7, 11) is 0. The maximum atomic E-state index is 13.6. The van der Waals surface area contributed by atoms with E-state index >= 15 is 0 Å². The van der Waals surface area contributed by atoms with Gasteiger partial charge in [-0.25, -0.2) is 4.98 Å². The molecule has 222 valence electrons. The number of aliphatic hydroxyl groups excluding tert-OH is 2. The fraction of sp³-hybridized carbons (Fsp3) is 0.452. The molecule has 3 aliphatic rings. The minimum absolute atomic E-state index is 0.0303. The quantitative estimate of drug-likeness (QED) is 0.316. The molecule has 5 atom stereocenters. The first kappa shape index (κ1) is 28.4. The molecule has 42 heavy (non-hydrogen) atoms. The maximum Gasteiger partial charge on any atom is 0.255 e. The average Bonchev–Trinajstić information content (AvgIpc) is 3.66. The van der Waals surface area contributed by atoms with Crippen molar-refractivity contribution in [3.05, 3.63) is 71.8 Å². The highest BCUT2D eigenvalue weighted by Crippen LogP contribution is 2.30. The molecule has 0 aliphatic carbocycles. The van der Waals surface area contributed by atoms with Gasteiger partial charge in [-0.05, 0) is 48.1 Å². The predicted molar refractivity (Wildman–Crippen MR) is 153 cm³/mol. The zero-order valence-electron chi connectivity index (χ0n) is 23.4. The summed E-state index contributed by atoms with van der Waals surface area (Å²) in [5.41, 5.74) is 3.07. The lowest BCUT2D eigenvalue weighted by Gasteiger charge is -2.34. The van der Waals surface area contributed by atoms with E-state index in [2.05, 4.69) is 20.6 Å². The van der Waals surface area contributed by atoms with Crippen LogP contribution < -0.4 is 15.4 Å². The molecule has 0 unspecified atom stereocenters. The van der Waals surface area contributed by atoms with E-state index in [1.165, 1.54) is 0 Å². The number of imidazole rings is 1. The van der Waals surface area contributed by atoms with Crippen LogP contribution in [0.3, 0.4) is 0 Å². The van der Waals surface area contributed by atoms with Crippen molar-refractivity contribution in [1.82, 2.24) is 25.5 Å². The summed E-state index contributed by atoms with van der Waals surface area (Å²) in [5.74, 6) is 0.776. The van der Waals surface area contributed by atoms with Gasteiger partial charge in [0.15, 0.2) is 0 Å². The lowest BCUT2D eigenvalue weighted by molar-refractivity contribution is -0.133. The second kappa shape index (κ2) is 12.6. The number of likely N-dealkylation sites (tertiary alicyclic amines) is 1. The molecule has 2 fully saturated rings. The number of aliphatic hydroxyl groups is 2. The van der Waals surface area contributed by atoms with Gasteiger partial charge in [-0.1, -0.05) is 30.3 Å². The molecule has 0 spiro atoms. The van der Waals surface area contributed by atoms with Crippen LogP contribution in [0.1, 0.15) is 47.4 Å². The number of fused-ring (bicyclic) bond motifs is 5. The summed E-state index contributed by atoms with van der Waals surface area (Å²) in [5, 5.41) is 26.1. The van der Waals surface area contributed by atoms with Gasteiger partial charge in [-0.15, -0.1) is 0 Å². The Morgan fingerprint density at radius 1 is 1.05 bits per heavy atom. The highest BCUT2D eigenvalue weighted by molar-refractivity contribution is 5.98. The van der Waals surface area contributed by atoms with E-state index in [9.17, 15) is 19.8 Å². The Balaban J connectivity index is 1.29. The molecule has 0 radical (unpaired) electrons. The lowest BCUT2D eigenvalue weighted by Crippen LogP contribution is -2.50. The van der Waals surface area contributed by atoms with Crippen LogP contribution in [0.5, 0.6) is 5.75 Å². The molecule has 1 aromatic heterocycles. The molecule has 5 N–H and O–H groups in total. The first-order valence-electron chi connectivity index (χ1n) is 14.6. The Morgan fingerprint density at radius 3 is 2.67 bits per heavy atom. The predicted octanol–water partition coefficient (Wildman–Crippen LogP) is 1.75. The number of hydrogen-bond donors (Lipinski definition) is 5. The largest absolute Gasteiger partial charge is 0.493 e. The molecule has 0 saturated carbocycles. The fourth-order valence-electron chi connectivity index (χ4n) is 6.07. The highest BCUT2D eigenvalue weighted by atomic mass is 16.5. The summed E-state index contributed by atoms with van der Waals surface area (Å²) in [4.78, 5) is 36.4. The number of rotatable bonds is 4. The van der Waals surface area contributed by atoms with Crippen LogP contribution in [0.2, 0.25) is 0 Å². The Hall–Kier alpha value is -3.77. The third-order valence-corrected chi connectivity index (χ3v) is 8.40. The van der Waals surface area contributed by atoms with Crippen molar-refractivity contribution < 1.29 is 29.3 Å². The molecule has 2 aromatic carbocycles. The van der Waals surface area contributed by atoms with Gasteiger partial charge in [0.2, 0.25) is 5.91 Å². The third-order valence-electron chi connectivity index (χ3n) is 8.40. The molecule has 11 heteroatoms. The molecule has 2 saturated heterocycles. The number of nitrogens with one attached hydrogen (secondary N) is 3. The number of hydrogen-bond acceptors (Lipinski definition) is 8. The summed E-state index contributed by atoms with van der Waals surface area (Å²) in [6.07, 6.45) is 4.39. The highest BCUT2D eigenvalue weighted by Gasteiger charge is 2.39. The number of benzene rings is 2. The maximum absolute atomic E-state index is 13.6. The van der Waals surface area contributed by atoms with Crippen LogP contribution in [-0.4, -0.2) is 87.0 Å². The van der Waals surface area contributed by atoms with Gasteiger partial charge in [0.25, 0.3) is 5.91 Å². The van der Waals surface area contributed by atoms with Crippen LogP contribution in [0.15, 0.2) is 54.9 Å². The van der Waals surface area contributed by atoms with Gasteiger partial charge in [0.1, 0.15) is 17.7 Å². The second-order valence-corrected chi connectivity index (χ2v) is 11.3. The first-order chi connectivity index (χ1) is 20.5. The fourth-order valence-corrected chi connectivity index (χ4v) is 6.07.